The molecule has 0 aliphatic carbocycles. The van der Waals surface area contributed by atoms with Gasteiger partial charge in [-0.3, -0.25) is 0 Å². The van der Waals surface area contributed by atoms with Gasteiger partial charge in [0.05, 0.1) is 0 Å². The zero-order chi connectivity index (χ0) is 20.5. The van der Waals surface area contributed by atoms with Gasteiger partial charge in [-0.05, 0) is 39.4 Å². The number of hydrogen-bond acceptors (Lipinski definition) is 5. The Labute approximate surface area is 163 Å². The molecule has 0 saturated carbocycles. The lowest BCUT2D eigenvalue weighted by atomic mass is 9.76. The predicted molar refractivity (Wildman–Crippen MR) is 111 cm³/mol. The summed E-state index contributed by atoms with van der Waals surface area (Å²) < 4.78 is 0. The molecule has 0 aliphatic rings. The van der Waals surface area contributed by atoms with Gasteiger partial charge >= 0.3 is 0 Å². The van der Waals surface area contributed by atoms with E-state index in [-0.39, 0.29) is 16.2 Å². The van der Waals surface area contributed by atoms with Crippen molar-refractivity contribution in [2.24, 2.45) is 5.41 Å². The largest absolute Gasteiger partial charge is 0.507 e. The first-order valence-corrected chi connectivity index (χ1v) is 9.52. The summed E-state index contributed by atoms with van der Waals surface area (Å²) >= 11 is 0. The number of nitrogens with zero attached hydrogens (tertiary/aromatic N) is 3. The molecule has 0 fully saturated rings. The number of aromatic nitrogens is 3. The molecular formula is C22H34N4O. The maximum absolute atomic E-state index is 10.9. The molecule has 0 bridgehead atoms. The van der Waals surface area contributed by atoms with Gasteiger partial charge in [-0.2, -0.15) is 0 Å². The van der Waals surface area contributed by atoms with Crippen molar-refractivity contribution in [3.05, 3.63) is 41.5 Å². The molecule has 1 aromatic heterocycles. The van der Waals surface area contributed by atoms with Crippen LogP contribution in [0.5, 0.6) is 5.75 Å². The molecule has 27 heavy (non-hydrogen) atoms. The summed E-state index contributed by atoms with van der Waals surface area (Å²) in [5.74, 6) is 1.02. The monoisotopic (exact) mass is 370 g/mol. The number of benzene rings is 1. The zero-order valence-corrected chi connectivity index (χ0v) is 18.0. The van der Waals surface area contributed by atoms with Crippen LogP contribution < -0.4 is 5.32 Å². The van der Waals surface area contributed by atoms with Crippen LogP contribution in [-0.2, 0) is 17.3 Å². The van der Waals surface area contributed by atoms with Crippen LogP contribution in [0.15, 0.2) is 24.8 Å². The average molecular weight is 371 g/mol. The van der Waals surface area contributed by atoms with E-state index >= 15 is 0 Å². The molecule has 148 valence electrons. The molecule has 2 N–H and O–H groups in total. The smallest absolute Gasteiger partial charge is 0.225 e. The Kier molecular flexibility index (Phi) is 5.83. The summed E-state index contributed by atoms with van der Waals surface area (Å²) in [6.07, 6.45) is 3.87. The SMILES string of the molecule is CC(C)(CNc1ncncn1)Cc1cc(C(C)(C)C)c(O)c(C(C)(C)C)c1. The molecule has 1 heterocycles. The van der Waals surface area contributed by atoms with Gasteiger partial charge in [0.15, 0.2) is 0 Å². The molecule has 2 aromatic rings. The van der Waals surface area contributed by atoms with Crippen LogP contribution in [0.4, 0.5) is 5.95 Å². The van der Waals surface area contributed by atoms with E-state index in [2.05, 4.69) is 87.8 Å². The van der Waals surface area contributed by atoms with E-state index in [1.807, 2.05) is 0 Å². The standard InChI is InChI=1S/C22H34N4O/c1-20(2,3)16-9-15(10-17(18(16)27)21(4,5)6)11-22(7,8)12-24-19-25-13-23-14-26-19/h9-10,13-14,27H,11-12H2,1-8H3,(H,23,24,25,26). The predicted octanol–water partition coefficient (Wildman–Crippen LogP) is 4.85. The number of hydrogen-bond donors (Lipinski definition) is 2. The van der Waals surface area contributed by atoms with Gasteiger partial charge < -0.3 is 10.4 Å². The number of phenolic OH excluding ortho intramolecular Hbond substituents is 1. The molecule has 5 nitrogen and oxygen atoms in total. The van der Waals surface area contributed by atoms with Gasteiger partial charge in [-0.1, -0.05) is 67.5 Å². The molecule has 0 unspecified atom stereocenters. The minimum absolute atomic E-state index is 0.00604. The number of anilines is 1. The maximum Gasteiger partial charge on any atom is 0.225 e. The molecule has 0 aliphatic heterocycles. The third-order valence-electron chi connectivity index (χ3n) is 4.69. The van der Waals surface area contributed by atoms with Crippen molar-refractivity contribution in [3.63, 3.8) is 0 Å². The highest BCUT2D eigenvalue weighted by atomic mass is 16.3. The Morgan fingerprint density at radius 3 is 1.78 bits per heavy atom. The second kappa shape index (κ2) is 7.45. The Morgan fingerprint density at radius 2 is 1.33 bits per heavy atom. The van der Waals surface area contributed by atoms with Crippen LogP contribution in [-0.4, -0.2) is 26.6 Å². The van der Waals surface area contributed by atoms with Crippen molar-refractivity contribution >= 4 is 5.95 Å². The van der Waals surface area contributed by atoms with Crippen molar-refractivity contribution in [2.45, 2.75) is 72.6 Å². The van der Waals surface area contributed by atoms with Crippen molar-refractivity contribution in [3.8, 4) is 5.75 Å². The average Bonchev–Trinajstić information content (AvgIpc) is 2.53. The van der Waals surface area contributed by atoms with Crippen molar-refractivity contribution < 1.29 is 5.11 Å². The van der Waals surface area contributed by atoms with Crippen LogP contribution in [0.25, 0.3) is 0 Å². The van der Waals surface area contributed by atoms with Crippen LogP contribution >= 0.6 is 0 Å². The van der Waals surface area contributed by atoms with Crippen LogP contribution in [0.1, 0.15) is 72.1 Å². The molecule has 0 spiro atoms. The Morgan fingerprint density at radius 1 is 0.852 bits per heavy atom. The van der Waals surface area contributed by atoms with Crippen LogP contribution in [0, 0.1) is 5.41 Å². The third kappa shape index (κ3) is 5.65. The molecule has 5 heteroatoms. The minimum atomic E-state index is -0.118. The second-order valence-corrected chi connectivity index (χ2v) is 10.2. The third-order valence-corrected chi connectivity index (χ3v) is 4.69. The van der Waals surface area contributed by atoms with Gasteiger partial charge in [0.2, 0.25) is 5.95 Å². The fourth-order valence-corrected chi connectivity index (χ4v) is 3.20. The zero-order valence-electron chi connectivity index (χ0n) is 18.0. The molecule has 0 saturated heterocycles. The van der Waals surface area contributed by atoms with Crippen LogP contribution in [0.2, 0.25) is 0 Å². The first kappa shape index (κ1) is 21.1. The Balaban J connectivity index is 2.31. The van der Waals surface area contributed by atoms with E-state index < -0.39 is 0 Å². The van der Waals surface area contributed by atoms with E-state index in [1.165, 1.54) is 18.2 Å². The van der Waals surface area contributed by atoms with Gasteiger partial charge in [-0.15, -0.1) is 0 Å². The molecule has 0 atom stereocenters. The number of nitrogens with one attached hydrogen (secondary N) is 1. The fourth-order valence-electron chi connectivity index (χ4n) is 3.20. The van der Waals surface area contributed by atoms with Gasteiger partial charge in [0, 0.05) is 6.54 Å². The molecule has 0 radical (unpaired) electrons. The van der Waals surface area contributed by atoms with E-state index in [1.54, 1.807) is 0 Å². The number of aromatic hydroxyl groups is 1. The highest BCUT2D eigenvalue weighted by Gasteiger charge is 2.28. The summed E-state index contributed by atoms with van der Waals surface area (Å²) in [7, 11) is 0. The number of phenols is 1. The van der Waals surface area contributed by atoms with E-state index in [9.17, 15) is 5.11 Å². The normalized spacial score (nSPS) is 12.9. The van der Waals surface area contributed by atoms with Gasteiger partial charge in [0.1, 0.15) is 18.4 Å². The lowest BCUT2D eigenvalue weighted by Gasteiger charge is -2.30. The summed E-state index contributed by atoms with van der Waals surface area (Å²) in [6, 6.07) is 4.32. The molecule has 1 aromatic carbocycles. The van der Waals surface area contributed by atoms with Gasteiger partial charge in [0.25, 0.3) is 0 Å². The van der Waals surface area contributed by atoms with E-state index in [4.69, 9.17) is 0 Å². The fraction of sp³-hybridized carbons (Fsp3) is 0.591. The first-order chi connectivity index (χ1) is 12.3. The highest BCUT2D eigenvalue weighted by Crippen LogP contribution is 2.40. The summed E-state index contributed by atoms with van der Waals surface area (Å²) in [5, 5.41) is 14.2. The maximum atomic E-state index is 10.9. The van der Waals surface area contributed by atoms with E-state index in [0.29, 0.717) is 11.7 Å². The van der Waals surface area contributed by atoms with Crippen molar-refractivity contribution in [1.29, 1.82) is 0 Å². The summed E-state index contributed by atoms with van der Waals surface area (Å²) in [6.45, 7) is 18.1. The lowest BCUT2D eigenvalue weighted by Crippen LogP contribution is -2.27. The Hall–Kier alpha value is -2.17. The minimum Gasteiger partial charge on any atom is -0.507 e. The molecule has 0 amide bonds. The topological polar surface area (TPSA) is 70.9 Å². The second-order valence-electron chi connectivity index (χ2n) is 10.2. The number of rotatable bonds is 5. The quantitative estimate of drug-likeness (QED) is 0.787. The van der Waals surface area contributed by atoms with Crippen molar-refractivity contribution in [1.82, 2.24) is 15.0 Å². The van der Waals surface area contributed by atoms with Crippen molar-refractivity contribution in [2.75, 3.05) is 11.9 Å². The Bertz CT molecular complexity index is 736. The highest BCUT2D eigenvalue weighted by molar-refractivity contribution is 5.50. The lowest BCUT2D eigenvalue weighted by molar-refractivity contribution is 0.384. The molecular weight excluding hydrogens is 336 g/mol. The molecule has 2 rings (SSSR count). The summed E-state index contributed by atoms with van der Waals surface area (Å²) in [4.78, 5) is 12.1. The van der Waals surface area contributed by atoms with Crippen LogP contribution in [0.3, 0.4) is 0 Å². The van der Waals surface area contributed by atoms with E-state index in [0.717, 1.165) is 24.1 Å². The van der Waals surface area contributed by atoms with Gasteiger partial charge in [-0.25, -0.2) is 15.0 Å². The summed E-state index contributed by atoms with van der Waals surface area (Å²) in [5.41, 5.74) is 3.01. The first-order valence-electron chi connectivity index (χ1n) is 9.52.